The van der Waals surface area contributed by atoms with E-state index in [2.05, 4.69) is 137 Å². The van der Waals surface area contributed by atoms with Crippen LogP contribution in [0.4, 0.5) is 0 Å². The predicted molar refractivity (Wildman–Crippen MR) is 162 cm³/mol. The Morgan fingerprint density at radius 2 is 0.976 bits per heavy atom. The summed E-state index contributed by atoms with van der Waals surface area (Å²) >= 11 is 3.44. The van der Waals surface area contributed by atoms with Crippen LogP contribution < -0.4 is 0 Å². The molecule has 1 aliphatic rings. The first kappa shape index (κ1) is 26.8. The molecular formula is C30H30N10S2. The van der Waals surface area contributed by atoms with Gasteiger partial charge in [-0.15, -0.1) is 32.9 Å². The molecule has 2 atom stereocenters. The van der Waals surface area contributed by atoms with Crippen molar-refractivity contribution >= 4 is 22.7 Å². The minimum absolute atomic E-state index is 0.0531. The van der Waals surface area contributed by atoms with Gasteiger partial charge in [-0.2, -0.15) is 0 Å². The number of aromatic nitrogens is 8. The van der Waals surface area contributed by atoms with Gasteiger partial charge in [0.2, 0.25) is 0 Å². The Morgan fingerprint density at radius 3 is 1.36 bits per heavy atom. The molecule has 1 saturated heterocycles. The normalized spacial score (nSPS) is 16.0. The average molecular weight is 595 g/mol. The lowest BCUT2D eigenvalue weighted by atomic mass is 10.0. The Morgan fingerprint density at radius 1 is 0.548 bits per heavy atom. The molecule has 12 heteroatoms. The molecule has 1 fully saturated rings. The van der Waals surface area contributed by atoms with Crippen LogP contribution in [0, 0.1) is 0 Å². The summed E-state index contributed by atoms with van der Waals surface area (Å²) in [7, 11) is 0. The van der Waals surface area contributed by atoms with E-state index in [0.29, 0.717) is 13.1 Å². The third-order valence-electron chi connectivity index (χ3n) is 7.69. The SMILES string of the molecule is c1ccc([C@H](c2nnnn2Cc2cccs2)N2CCN([C@H](c3ccccc3)c3nnnn3Cc3cccs3)CC2)cc1. The second-order valence-electron chi connectivity index (χ2n) is 10.2. The zero-order chi connectivity index (χ0) is 28.1. The van der Waals surface area contributed by atoms with E-state index in [1.807, 2.05) is 9.36 Å². The summed E-state index contributed by atoms with van der Waals surface area (Å²) < 4.78 is 3.89. The van der Waals surface area contributed by atoms with Gasteiger partial charge in [0.1, 0.15) is 0 Å². The van der Waals surface area contributed by atoms with Crippen LogP contribution >= 0.6 is 22.7 Å². The molecule has 0 N–H and O–H groups in total. The van der Waals surface area contributed by atoms with E-state index in [0.717, 1.165) is 37.8 Å². The molecule has 0 unspecified atom stereocenters. The van der Waals surface area contributed by atoms with Crippen LogP contribution in [0.25, 0.3) is 0 Å². The van der Waals surface area contributed by atoms with Gasteiger partial charge in [-0.3, -0.25) is 9.80 Å². The number of piperazine rings is 1. The smallest absolute Gasteiger partial charge is 0.173 e. The molecule has 0 spiro atoms. The van der Waals surface area contributed by atoms with Gasteiger partial charge in [-0.25, -0.2) is 9.36 Å². The summed E-state index contributed by atoms with van der Waals surface area (Å²) in [6.45, 7) is 4.71. The molecule has 5 heterocycles. The number of rotatable bonds is 10. The van der Waals surface area contributed by atoms with Crippen molar-refractivity contribution in [3.8, 4) is 0 Å². The van der Waals surface area contributed by atoms with Gasteiger partial charge in [0, 0.05) is 35.9 Å². The van der Waals surface area contributed by atoms with Crippen LogP contribution in [-0.4, -0.2) is 76.4 Å². The van der Waals surface area contributed by atoms with Crippen molar-refractivity contribution in [3.63, 3.8) is 0 Å². The number of tetrazole rings is 2. The van der Waals surface area contributed by atoms with Gasteiger partial charge in [-0.1, -0.05) is 72.8 Å². The summed E-state index contributed by atoms with van der Waals surface area (Å²) in [5.74, 6) is 1.73. The van der Waals surface area contributed by atoms with Gasteiger partial charge in [-0.05, 0) is 54.9 Å². The lowest BCUT2D eigenvalue weighted by Gasteiger charge is -2.41. The fourth-order valence-electron chi connectivity index (χ4n) is 5.71. The third kappa shape index (κ3) is 5.66. The molecule has 4 aromatic heterocycles. The van der Waals surface area contributed by atoms with Crippen molar-refractivity contribution in [2.45, 2.75) is 25.2 Å². The van der Waals surface area contributed by atoms with Gasteiger partial charge >= 0.3 is 0 Å². The summed E-state index contributed by atoms with van der Waals surface area (Å²) in [4.78, 5) is 7.45. The van der Waals surface area contributed by atoms with Gasteiger partial charge in [0.25, 0.3) is 0 Å². The van der Waals surface area contributed by atoms with Gasteiger partial charge in [0.15, 0.2) is 11.6 Å². The monoisotopic (exact) mass is 594 g/mol. The molecule has 6 aromatic rings. The molecule has 0 amide bonds. The molecule has 7 rings (SSSR count). The first-order valence-electron chi connectivity index (χ1n) is 14.0. The van der Waals surface area contributed by atoms with E-state index < -0.39 is 0 Å². The minimum Gasteiger partial charge on any atom is -0.287 e. The largest absolute Gasteiger partial charge is 0.287 e. The van der Waals surface area contributed by atoms with E-state index in [4.69, 9.17) is 0 Å². The summed E-state index contributed by atoms with van der Waals surface area (Å²) in [5.41, 5.74) is 2.38. The average Bonchev–Trinajstić information content (AvgIpc) is 3.87. The number of hydrogen-bond donors (Lipinski definition) is 0. The summed E-state index contributed by atoms with van der Waals surface area (Å²) in [5, 5.41) is 30.3. The van der Waals surface area contributed by atoms with Crippen molar-refractivity contribution < 1.29 is 0 Å². The maximum absolute atomic E-state index is 4.56. The molecule has 42 heavy (non-hydrogen) atoms. The number of benzene rings is 2. The molecule has 2 aromatic carbocycles. The van der Waals surface area contributed by atoms with Crippen molar-refractivity contribution in [2.24, 2.45) is 0 Å². The lowest BCUT2D eigenvalue weighted by molar-refractivity contribution is 0.0826. The van der Waals surface area contributed by atoms with Crippen LogP contribution in [-0.2, 0) is 13.1 Å². The second kappa shape index (κ2) is 12.4. The van der Waals surface area contributed by atoms with Crippen LogP contribution in [0.2, 0.25) is 0 Å². The molecular weight excluding hydrogens is 565 g/mol. The van der Waals surface area contributed by atoms with Crippen molar-refractivity contribution in [3.05, 3.63) is 128 Å². The molecule has 0 radical (unpaired) electrons. The molecule has 212 valence electrons. The Labute approximate surface area is 251 Å². The number of nitrogens with zero attached hydrogens (tertiary/aromatic N) is 10. The van der Waals surface area contributed by atoms with Gasteiger partial charge in [0.05, 0.1) is 25.2 Å². The fraction of sp³-hybridized carbons (Fsp3) is 0.267. The molecule has 0 bridgehead atoms. The lowest BCUT2D eigenvalue weighted by Crippen LogP contribution is -2.50. The van der Waals surface area contributed by atoms with E-state index in [1.165, 1.54) is 20.9 Å². The third-order valence-corrected chi connectivity index (χ3v) is 9.41. The Balaban J connectivity index is 1.17. The van der Waals surface area contributed by atoms with Crippen LogP contribution in [0.15, 0.2) is 95.7 Å². The van der Waals surface area contributed by atoms with Crippen molar-refractivity contribution in [1.82, 2.24) is 50.2 Å². The first-order chi connectivity index (χ1) is 20.8. The molecule has 0 saturated carbocycles. The van der Waals surface area contributed by atoms with Gasteiger partial charge < -0.3 is 0 Å². The van der Waals surface area contributed by atoms with E-state index in [9.17, 15) is 0 Å². The molecule has 10 nitrogen and oxygen atoms in total. The molecule has 0 aliphatic carbocycles. The quantitative estimate of drug-likeness (QED) is 0.231. The predicted octanol–water partition coefficient (Wildman–Crippen LogP) is 4.38. The van der Waals surface area contributed by atoms with Crippen molar-refractivity contribution in [1.29, 1.82) is 0 Å². The first-order valence-corrected chi connectivity index (χ1v) is 15.7. The minimum atomic E-state index is -0.0531. The highest BCUT2D eigenvalue weighted by atomic mass is 32.1. The topological polar surface area (TPSA) is 93.7 Å². The van der Waals surface area contributed by atoms with E-state index >= 15 is 0 Å². The zero-order valence-electron chi connectivity index (χ0n) is 22.9. The maximum Gasteiger partial charge on any atom is 0.173 e. The fourth-order valence-corrected chi connectivity index (χ4v) is 7.08. The number of hydrogen-bond acceptors (Lipinski definition) is 10. The highest BCUT2D eigenvalue weighted by molar-refractivity contribution is 7.10. The van der Waals surface area contributed by atoms with E-state index in [-0.39, 0.29) is 12.1 Å². The molecule has 1 aliphatic heterocycles. The zero-order valence-corrected chi connectivity index (χ0v) is 24.6. The van der Waals surface area contributed by atoms with Crippen molar-refractivity contribution in [2.75, 3.05) is 26.2 Å². The highest BCUT2D eigenvalue weighted by Gasteiger charge is 2.35. The highest BCUT2D eigenvalue weighted by Crippen LogP contribution is 2.33. The van der Waals surface area contributed by atoms with Crippen LogP contribution in [0.5, 0.6) is 0 Å². The Hall–Kier alpha value is -4.10. The van der Waals surface area contributed by atoms with E-state index in [1.54, 1.807) is 22.7 Å². The maximum atomic E-state index is 4.56. The number of thiophene rings is 2. The van der Waals surface area contributed by atoms with Crippen LogP contribution in [0.3, 0.4) is 0 Å². The standard InChI is InChI=1S/C30H30N10S2/c1-3-9-23(10-4-1)27(29-31-33-35-39(29)21-25-13-7-19-41-25)37-15-17-38(18-16-37)28(24-11-5-2-6-12-24)30-32-34-36-40(30)22-26-14-8-20-42-26/h1-14,19-20,27-28H,15-18,21-22H2/t27-,28-/m1/s1. The summed E-state index contributed by atoms with van der Waals surface area (Å²) in [6, 6.07) is 29.4. The Kier molecular flexibility index (Phi) is 7.91. The van der Waals surface area contributed by atoms with Crippen LogP contribution in [0.1, 0.15) is 44.6 Å². The Bertz CT molecular complexity index is 1530. The summed E-state index contributed by atoms with van der Waals surface area (Å²) in [6.07, 6.45) is 0. The second-order valence-corrected chi connectivity index (χ2v) is 12.3.